The molecule has 0 amide bonds. The maximum atomic E-state index is 13.9. The highest BCUT2D eigenvalue weighted by atomic mass is 32.2. The van der Waals surface area contributed by atoms with Gasteiger partial charge in [0.15, 0.2) is 4.34 Å². The fraction of sp³-hybridized carbons (Fsp3) is 0.333. The maximum absolute atomic E-state index is 13.9. The third kappa shape index (κ3) is 3.95. The van der Waals surface area contributed by atoms with Gasteiger partial charge in [-0.25, -0.2) is 8.78 Å². The van der Waals surface area contributed by atoms with Crippen molar-refractivity contribution in [2.45, 2.75) is 35.7 Å². The molecule has 0 aliphatic heterocycles. The second-order valence-electron chi connectivity index (χ2n) is 4.23. The molecule has 1 heterocycles. The molecule has 0 radical (unpaired) electrons. The molecule has 2 aromatic rings. The molecular formula is C12H13F2N3S2. The summed E-state index contributed by atoms with van der Waals surface area (Å²) in [4.78, 5) is -0.0370. The van der Waals surface area contributed by atoms with Gasteiger partial charge in [-0.15, -0.1) is 10.2 Å². The van der Waals surface area contributed by atoms with Gasteiger partial charge < -0.3 is 5.32 Å². The molecule has 1 aromatic heterocycles. The number of halogens is 2. The first kappa shape index (κ1) is 14.4. The number of benzene rings is 1. The van der Waals surface area contributed by atoms with Crippen LogP contribution in [0.3, 0.4) is 0 Å². The highest BCUT2D eigenvalue weighted by molar-refractivity contribution is 8.01. The Morgan fingerprint density at radius 3 is 2.53 bits per heavy atom. The summed E-state index contributed by atoms with van der Waals surface area (Å²) in [5.41, 5.74) is 2.12. The van der Waals surface area contributed by atoms with Gasteiger partial charge in [-0.05, 0) is 17.7 Å². The standard InChI is InChI=1S/C12H13F2N3S2/c1-7(2)15-5-8-3-9(13)11(10(14)4-8)19-12-17-16-6-18-12/h3-4,6-7,15H,5H2,1-2H3. The number of nitrogens with zero attached hydrogens (tertiary/aromatic N) is 2. The zero-order valence-corrected chi connectivity index (χ0v) is 12.1. The van der Waals surface area contributed by atoms with E-state index in [1.54, 1.807) is 0 Å². The van der Waals surface area contributed by atoms with E-state index in [0.29, 0.717) is 16.4 Å². The van der Waals surface area contributed by atoms with E-state index < -0.39 is 11.6 Å². The van der Waals surface area contributed by atoms with Crippen LogP contribution in [0.1, 0.15) is 19.4 Å². The minimum atomic E-state index is -0.569. The first-order valence-electron chi connectivity index (χ1n) is 5.71. The van der Waals surface area contributed by atoms with Crippen LogP contribution in [0, 0.1) is 11.6 Å². The van der Waals surface area contributed by atoms with E-state index in [-0.39, 0.29) is 10.9 Å². The largest absolute Gasteiger partial charge is 0.310 e. The summed E-state index contributed by atoms with van der Waals surface area (Å²) in [6.45, 7) is 4.40. The summed E-state index contributed by atoms with van der Waals surface area (Å²) in [6.07, 6.45) is 0. The molecule has 2 rings (SSSR count). The van der Waals surface area contributed by atoms with E-state index in [1.807, 2.05) is 13.8 Å². The summed E-state index contributed by atoms with van der Waals surface area (Å²) in [5.74, 6) is -1.14. The number of nitrogens with one attached hydrogen (secondary N) is 1. The Morgan fingerprint density at radius 1 is 1.32 bits per heavy atom. The van der Waals surface area contributed by atoms with Crippen LogP contribution < -0.4 is 5.32 Å². The summed E-state index contributed by atoms with van der Waals surface area (Å²) in [6, 6.07) is 2.96. The summed E-state index contributed by atoms with van der Waals surface area (Å²) in [7, 11) is 0. The van der Waals surface area contributed by atoms with Crippen molar-refractivity contribution in [1.82, 2.24) is 15.5 Å². The van der Waals surface area contributed by atoms with Crippen molar-refractivity contribution >= 4 is 23.1 Å². The van der Waals surface area contributed by atoms with Crippen molar-refractivity contribution in [1.29, 1.82) is 0 Å². The third-order valence-electron chi connectivity index (χ3n) is 2.30. The van der Waals surface area contributed by atoms with Crippen LogP contribution >= 0.6 is 23.1 Å². The topological polar surface area (TPSA) is 37.8 Å². The molecule has 1 N–H and O–H groups in total. The zero-order chi connectivity index (χ0) is 13.8. The molecule has 7 heteroatoms. The monoisotopic (exact) mass is 301 g/mol. The Labute approximate surface area is 118 Å². The smallest absolute Gasteiger partial charge is 0.179 e. The normalized spacial score (nSPS) is 11.2. The SMILES string of the molecule is CC(C)NCc1cc(F)c(Sc2nncs2)c(F)c1. The van der Waals surface area contributed by atoms with E-state index >= 15 is 0 Å². The van der Waals surface area contributed by atoms with Crippen molar-refractivity contribution < 1.29 is 8.78 Å². The summed E-state index contributed by atoms with van der Waals surface area (Å²) < 4.78 is 28.3. The fourth-order valence-corrected chi connectivity index (χ4v) is 2.85. The fourth-order valence-electron chi connectivity index (χ4n) is 1.43. The lowest BCUT2D eigenvalue weighted by molar-refractivity contribution is 0.529. The van der Waals surface area contributed by atoms with Gasteiger partial charge >= 0.3 is 0 Å². The van der Waals surface area contributed by atoms with Crippen LogP contribution in [0.2, 0.25) is 0 Å². The Morgan fingerprint density at radius 2 is 2.00 bits per heavy atom. The van der Waals surface area contributed by atoms with Gasteiger partial charge in [-0.1, -0.05) is 36.9 Å². The lowest BCUT2D eigenvalue weighted by Gasteiger charge is -2.10. The van der Waals surface area contributed by atoms with Gasteiger partial charge in [-0.3, -0.25) is 0 Å². The molecule has 0 saturated heterocycles. The molecule has 0 bridgehead atoms. The molecule has 0 saturated carbocycles. The van der Waals surface area contributed by atoms with Gasteiger partial charge in [0, 0.05) is 12.6 Å². The molecule has 0 aliphatic carbocycles. The Balaban J connectivity index is 2.17. The quantitative estimate of drug-likeness (QED) is 0.917. The van der Waals surface area contributed by atoms with Crippen LogP contribution in [-0.4, -0.2) is 16.2 Å². The third-order valence-corrected chi connectivity index (χ3v) is 4.17. The molecule has 0 atom stereocenters. The molecule has 0 unspecified atom stereocenters. The number of hydrogen-bond donors (Lipinski definition) is 1. The second-order valence-corrected chi connectivity index (χ2v) is 6.32. The van der Waals surface area contributed by atoms with Crippen molar-refractivity contribution in [2.75, 3.05) is 0 Å². The minimum absolute atomic E-state index is 0.0370. The van der Waals surface area contributed by atoms with Gasteiger partial charge in [0.1, 0.15) is 17.1 Å². The van der Waals surface area contributed by atoms with Crippen LogP contribution in [0.4, 0.5) is 8.78 Å². The van der Waals surface area contributed by atoms with Crippen LogP contribution in [0.25, 0.3) is 0 Å². The molecule has 0 spiro atoms. The molecule has 102 valence electrons. The van der Waals surface area contributed by atoms with Crippen LogP contribution in [0.5, 0.6) is 0 Å². The maximum Gasteiger partial charge on any atom is 0.179 e. The van der Waals surface area contributed by atoms with E-state index in [2.05, 4.69) is 15.5 Å². The summed E-state index contributed by atoms with van der Waals surface area (Å²) in [5, 5.41) is 10.5. The molecule has 19 heavy (non-hydrogen) atoms. The first-order chi connectivity index (χ1) is 9.06. The Kier molecular flexibility index (Phi) is 4.84. The van der Waals surface area contributed by atoms with Crippen molar-refractivity contribution in [3.63, 3.8) is 0 Å². The number of aromatic nitrogens is 2. The average molecular weight is 301 g/mol. The predicted molar refractivity (Wildman–Crippen MR) is 72.4 cm³/mol. The molecule has 1 aromatic carbocycles. The number of rotatable bonds is 5. The Bertz CT molecular complexity index is 521. The highest BCUT2D eigenvalue weighted by Gasteiger charge is 2.14. The average Bonchev–Trinajstić information content (AvgIpc) is 2.84. The van der Waals surface area contributed by atoms with E-state index in [4.69, 9.17) is 0 Å². The lowest BCUT2D eigenvalue weighted by atomic mass is 10.2. The van der Waals surface area contributed by atoms with Crippen molar-refractivity contribution in [3.8, 4) is 0 Å². The van der Waals surface area contributed by atoms with Gasteiger partial charge in [0.2, 0.25) is 0 Å². The van der Waals surface area contributed by atoms with E-state index in [1.165, 1.54) is 29.0 Å². The predicted octanol–water partition coefficient (Wildman–Crippen LogP) is 3.47. The van der Waals surface area contributed by atoms with E-state index in [0.717, 1.165) is 11.8 Å². The highest BCUT2D eigenvalue weighted by Crippen LogP contribution is 2.33. The molecule has 3 nitrogen and oxygen atoms in total. The van der Waals surface area contributed by atoms with Crippen molar-refractivity contribution in [2.24, 2.45) is 0 Å². The van der Waals surface area contributed by atoms with Gasteiger partial charge in [0.05, 0.1) is 4.90 Å². The minimum Gasteiger partial charge on any atom is -0.310 e. The Hall–Kier alpha value is -1.05. The number of hydrogen-bond acceptors (Lipinski definition) is 5. The van der Waals surface area contributed by atoms with Gasteiger partial charge in [-0.2, -0.15) is 0 Å². The molecule has 0 aliphatic rings. The molecule has 0 fully saturated rings. The van der Waals surface area contributed by atoms with Crippen LogP contribution in [0.15, 0.2) is 26.9 Å². The second kappa shape index (κ2) is 6.40. The lowest BCUT2D eigenvalue weighted by Crippen LogP contribution is -2.22. The molecular weight excluding hydrogens is 288 g/mol. The summed E-state index contributed by atoms with van der Waals surface area (Å²) >= 11 is 2.20. The van der Waals surface area contributed by atoms with Crippen LogP contribution in [-0.2, 0) is 6.54 Å². The first-order valence-corrected chi connectivity index (χ1v) is 7.41. The zero-order valence-electron chi connectivity index (χ0n) is 10.5. The van der Waals surface area contributed by atoms with Gasteiger partial charge in [0.25, 0.3) is 0 Å². The van der Waals surface area contributed by atoms with E-state index in [9.17, 15) is 8.78 Å². The van der Waals surface area contributed by atoms with Crippen molar-refractivity contribution in [3.05, 3.63) is 34.8 Å².